The summed E-state index contributed by atoms with van der Waals surface area (Å²) in [5.41, 5.74) is -0.362. The summed E-state index contributed by atoms with van der Waals surface area (Å²) >= 11 is 0. The number of cyclic esters (lactones) is 1. The van der Waals surface area contributed by atoms with E-state index < -0.39 is 29.4 Å². The molecular weight excluding hydrogens is 486 g/mol. The summed E-state index contributed by atoms with van der Waals surface area (Å²) < 4.78 is 86.5. The SMILES string of the molecule is C=[N+]1CC(c2ccc3c(c2)COC3=O)=c2ccccc2=C1Nc1cc(C(F)(F)F)cc(C(F)(F)F)c1. The highest BCUT2D eigenvalue weighted by Gasteiger charge is 2.38. The van der Waals surface area contributed by atoms with Gasteiger partial charge in [0.2, 0.25) is 0 Å². The van der Waals surface area contributed by atoms with E-state index >= 15 is 0 Å². The summed E-state index contributed by atoms with van der Waals surface area (Å²) in [6.45, 7) is 4.33. The fraction of sp³-hybridized carbons (Fsp3) is 0.154. The van der Waals surface area contributed by atoms with Crippen LogP contribution in [-0.4, -0.2) is 23.8 Å². The standard InChI is InChI=1S/C26H16F6N2O2/c1-34-12-22(14-6-7-19-15(8-14)13-36-24(19)35)20-4-2-3-5-21(20)23(34)33-18-10-16(25(27,28)29)9-17(11-18)26(30,31)32/h2-11H,1,12-13H2/p+1. The number of hydrogen-bond acceptors (Lipinski definition) is 3. The van der Waals surface area contributed by atoms with E-state index in [1.54, 1.807) is 30.3 Å². The van der Waals surface area contributed by atoms with Crippen LogP contribution in [0.5, 0.6) is 0 Å². The highest BCUT2D eigenvalue weighted by atomic mass is 19.4. The first kappa shape index (κ1) is 23.7. The Morgan fingerprint density at radius 2 is 1.50 bits per heavy atom. The largest absolute Gasteiger partial charge is 0.457 e. The van der Waals surface area contributed by atoms with Gasteiger partial charge in [0.1, 0.15) is 18.8 Å². The minimum atomic E-state index is -4.96. The number of esters is 1. The molecule has 2 aliphatic rings. The first-order valence-corrected chi connectivity index (χ1v) is 10.7. The second kappa shape index (κ2) is 8.25. The molecule has 2 heterocycles. The number of halogens is 6. The number of anilines is 1. The molecule has 0 atom stereocenters. The molecule has 0 unspecified atom stereocenters. The van der Waals surface area contributed by atoms with Crippen molar-refractivity contribution in [1.82, 2.24) is 0 Å². The first-order chi connectivity index (χ1) is 16.9. The zero-order valence-corrected chi connectivity index (χ0v) is 18.4. The molecule has 0 saturated carbocycles. The minimum Gasteiger partial charge on any atom is -0.457 e. The zero-order chi connectivity index (χ0) is 25.8. The lowest BCUT2D eigenvalue weighted by Crippen LogP contribution is -2.41. The second-order valence-corrected chi connectivity index (χ2v) is 8.44. The molecule has 2 aliphatic heterocycles. The Balaban J connectivity index is 1.67. The Bertz CT molecular complexity index is 1520. The predicted molar refractivity (Wildman–Crippen MR) is 119 cm³/mol. The molecule has 1 N–H and O–H groups in total. The lowest BCUT2D eigenvalue weighted by Gasteiger charge is -2.18. The van der Waals surface area contributed by atoms with Crippen LogP contribution in [-0.2, 0) is 23.7 Å². The van der Waals surface area contributed by atoms with Crippen molar-refractivity contribution in [3.05, 3.63) is 98.9 Å². The summed E-state index contributed by atoms with van der Waals surface area (Å²) in [4.78, 5) is 11.8. The molecule has 0 saturated heterocycles. The Morgan fingerprint density at radius 3 is 2.14 bits per heavy atom. The van der Waals surface area contributed by atoms with Gasteiger partial charge in [-0.15, -0.1) is 0 Å². The maximum absolute atomic E-state index is 13.3. The van der Waals surface area contributed by atoms with Crippen molar-refractivity contribution in [3.63, 3.8) is 0 Å². The van der Waals surface area contributed by atoms with Gasteiger partial charge in [0.15, 0.2) is 0 Å². The number of alkyl halides is 6. The van der Waals surface area contributed by atoms with Gasteiger partial charge in [-0.3, -0.25) is 0 Å². The summed E-state index contributed by atoms with van der Waals surface area (Å²) in [6, 6.07) is 13.6. The molecule has 36 heavy (non-hydrogen) atoms. The molecule has 3 aromatic rings. The van der Waals surface area contributed by atoms with E-state index in [1.165, 1.54) is 4.58 Å². The topological polar surface area (TPSA) is 41.3 Å². The van der Waals surface area contributed by atoms with Crippen molar-refractivity contribution >= 4 is 29.8 Å². The number of rotatable bonds is 3. The monoisotopic (exact) mass is 503 g/mol. The van der Waals surface area contributed by atoms with Gasteiger partial charge in [0.25, 0.3) is 5.82 Å². The van der Waals surface area contributed by atoms with Gasteiger partial charge in [-0.2, -0.15) is 26.3 Å². The molecule has 0 fully saturated rings. The summed E-state index contributed by atoms with van der Waals surface area (Å²) in [5, 5.41) is 4.01. The number of nitrogens with one attached hydrogen (secondary N) is 1. The summed E-state index contributed by atoms with van der Waals surface area (Å²) in [5.74, 6) is -0.148. The Labute approximate surface area is 200 Å². The normalized spacial score (nSPS) is 15.5. The molecule has 0 bridgehead atoms. The lowest BCUT2D eigenvalue weighted by molar-refractivity contribution is -0.410. The zero-order valence-electron chi connectivity index (χ0n) is 18.4. The lowest BCUT2D eigenvalue weighted by atomic mass is 9.96. The van der Waals surface area contributed by atoms with Crippen LogP contribution in [0.4, 0.5) is 32.0 Å². The van der Waals surface area contributed by atoms with E-state index in [4.69, 9.17) is 4.74 Å². The minimum absolute atomic E-state index is 0.0841. The van der Waals surface area contributed by atoms with Crippen LogP contribution in [0.3, 0.4) is 0 Å². The van der Waals surface area contributed by atoms with Crippen molar-refractivity contribution in [2.24, 2.45) is 0 Å². The van der Waals surface area contributed by atoms with Crippen molar-refractivity contribution in [2.75, 3.05) is 11.9 Å². The molecule has 0 aliphatic carbocycles. The van der Waals surface area contributed by atoms with Gasteiger partial charge in [-0.25, -0.2) is 14.7 Å². The highest BCUT2D eigenvalue weighted by Crippen LogP contribution is 2.38. The molecule has 0 amide bonds. The maximum atomic E-state index is 13.3. The van der Waals surface area contributed by atoms with Crippen LogP contribution in [0.2, 0.25) is 0 Å². The quantitative estimate of drug-likeness (QED) is 0.325. The molecule has 184 valence electrons. The molecule has 3 aromatic carbocycles. The smallest absolute Gasteiger partial charge is 0.416 e. The molecule has 4 nitrogen and oxygen atoms in total. The fourth-order valence-electron chi connectivity index (χ4n) is 4.36. The van der Waals surface area contributed by atoms with E-state index in [2.05, 4.69) is 12.0 Å². The van der Waals surface area contributed by atoms with Crippen LogP contribution in [0.15, 0.2) is 60.7 Å². The van der Waals surface area contributed by atoms with Crippen molar-refractivity contribution in [3.8, 4) is 0 Å². The number of carbonyl (C=O) groups is 1. The Morgan fingerprint density at radius 1 is 0.861 bits per heavy atom. The third-order valence-electron chi connectivity index (χ3n) is 6.06. The van der Waals surface area contributed by atoms with E-state index in [1.807, 2.05) is 12.1 Å². The van der Waals surface area contributed by atoms with Crippen LogP contribution in [0, 0.1) is 0 Å². The van der Waals surface area contributed by atoms with E-state index in [9.17, 15) is 31.1 Å². The average Bonchev–Trinajstić information content (AvgIpc) is 3.19. The molecule has 5 rings (SSSR count). The molecule has 0 radical (unpaired) electrons. The Hall–Kier alpha value is -4.08. The van der Waals surface area contributed by atoms with Crippen LogP contribution >= 0.6 is 0 Å². The van der Waals surface area contributed by atoms with Crippen LogP contribution < -0.4 is 15.8 Å². The average molecular weight is 503 g/mol. The van der Waals surface area contributed by atoms with Crippen molar-refractivity contribution < 1.29 is 40.4 Å². The van der Waals surface area contributed by atoms with Crippen molar-refractivity contribution in [2.45, 2.75) is 19.0 Å². The number of ether oxygens (including phenoxy) is 1. The fourth-order valence-corrected chi connectivity index (χ4v) is 4.36. The van der Waals surface area contributed by atoms with Gasteiger partial charge in [0, 0.05) is 11.1 Å². The number of carbonyl (C=O) groups excluding carboxylic acids is 1. The molecule has 10 heteroatoms. The second-order valence-electron chi connectivity index (χ2n) is 8.44. The van der Waals surface area contributed by atoms with Crippen molar-refractivity contribution in [1.29, 1.82) is 0 Å². The van der Waals surface area contributed by atoms with Crippen LogP contribution in [0.25, 0.3) is 11.4 Å². The molecule has 0 spiro atoms. The first-order valence-electron chi connectivity index (χ1n) is 10.7. The van der Waals surface area contributed by atoms with Gasteiger partial charge >= 0.3 is 18.3 Å². The third-order valence-corrected chi connectivity index (χ3v) is 6.06. The highest BCUT2D eigenvalue weighted by molar-refractivity contribution is 5.94. The Kier molecular flexibility index (Phi) is 5.42. The van der Waals surface area contributed by atoms with Gasteiger partial charge in [-0.05, 0) is 47.2 Å². The number of fused-ring (bicyclic) bond motifs is 2. The summed E-state index contributed by atoms with van der Waals surface area (Å²) in [7, 11) is 0. The number of nitrogens with zero attached hydrogens (tertiary/aromatic N) is 1. The van der Waals surface area contributed by atoms with E-state index in [0.717, 1.165) is 21.9 Å². The third kappa shape index (κ3) is 4.23. The van der Waals surface area contributed by atoms with Crippen LogP contribution in [0.1, 0.15) is 32.6 Å². The predicted octanol–water partition coefficient (Wildman–Crippen LogP) is 4.50. The molecule has 0 aromatic heterocycles. The summed E-state index contributed by atoms with van der Waals surface area (Å²) in [6.07, 6.45) is -9.92. The van der Waals surface area contributed by atoms with E-state index in [-0.39, 0.29) is 30.7 Å². The number of benzene rings is 3. The molecular formula is C26H17F6N2O2+. The number of hydrogen-bond donors (Lipinski definition) is 1. The maximum Gasteiger partial charge on any atom is 0.416 e. The van der Waals surface area contributed by atoms with Gasteiger partial charge < -0.3 is 4.74 Å². The van der Waals surface area contributed by atoms with Gasteiger partial charge in [0.05, 0.1) is 28.6 Å². The van der Waals surface area contributed by atoms with Gasteiger partial charge in [-0.1, -0.05) is 24.3 Å². The van der Waals surface area contributed by atoms with E-state index in [0.29, 0.717) is 22.9 Å².